The van der Waals surface area contributed by atoms with Crippen LogP contribution < -0.4 is 4.90 Å². The van der Waals surface area contributed by atoms with Crippen LogP contribution in [0.15, 0.2) is 66.7 Å². The number of para-hydroxylation sites is 1. The number of hydrogen-bond donors (Lipinski definition) is 0. The van der Waals surface area contributed by atoms with E-state index in [0.717, 1.165) is 22.2 Å². The molecule has 2 aromatic carbocycles. The number of allylic oxidation sites excluding steroid dienone is 1. The van der Waals surface area contributed by atoms with Gasteiger partial charge in [0.1, 0.15) is 5.69 Å². The number of benzene rings is 2. The van der Waals surface area contributed by atoms with E-state index in [2.05, 4.69) is 4.98 Å². The molecule has 3 nitrogen and oxygen atoms in total. The average molecular weight is 302 g/mol. The molecule has 0 atom stereocenters. The van der Waals surface area contributed by atoms with Crippen molar-refractivity contribution in [3.8, 4) is 0 Å². The Hall–Kier alpha value is -2.94. The molecule has 0 fully saturated rings. The van der Waals surface area contributed by atoms with Crippen LogP contribution in [0.1, 0.15) is 16.1 Å². The second-order valence-electron chi connectivity index (χ2n) is 5.57. The van der Waals surface area contributed by atoms with Crippen molar-refractivity contribution in [2.75, 3.05) is 19.0 Å². The van der Waals surface area contributed by atoms with Crippen LogP contribution in [0.2, 0.25) is 0 Å². The van der Waals surface area contributed by atoms with Crippen LogP contribution in [-0.4, -0.2) is 24.9 Å². The normalized spacial score (nSPS) is 11.0. The van der Waals surface area contributed by atoms with Gasteiger partial charge in [0.15, 0.2) is 0 Å². The molecule has 0 radical (unpaired) electrons. The van der Waals surface area contributed by atoms with Crippen molar-refractivity contribution < 1.29 is 4.79 Å². The molecule has 0 amide bonds. The highest BCUT2D eigenvalue weighted by atomic mass is 16.1. The Morgan fingerprint density at radius 1 is 0.957 bits per heavy atom. The third-order valence-corrected chi connectivity index (χ3v) is 3.69. The predicted octanol–water partition coefficient (Wildman–Crippen LogP) is 4.20. The van der Waals surface area contributed by atoms with Crippen LogP contribution in [0.25, 0.3) is 17.0 Å². The van der Waals surface area contributed by atoms with Crippen molar-refractivity contribution in [3.63, 3.8) is 0 Å². The fourth-order valence-electron chi connectivity index (χ4n) is 2.34. The van der Waals surface area contributed by atoms with Gasteiger partial charge >= 0.3 is 0 Å². The molecule has 114 valence electrons. The van der Waals surface area contributed by atoms with Crippen molar-refractivity contribution >= 4 is 28.4 Å². The summed E-state index contributed by atoms with van der Waals surface area (Å²) in [6, 6.07) is 19.5. The summed E-state index contributed by atoms with van der Waals surface area (Å²) >= 11 is 0. The fraction of sp³-hybridized carbons (Fsp3) is 0.100. The molecule has 3 aromatic rings. The summed E-state index contributed by atoms with van der Waals surface area (Å²) in [5.74, 6) is -0.0903. The third kappa shape index (κ3) is 3.46. The minimum Gasteiger partial charge on any atom is -0.378 e. The van der Waals surface area contributed by atoms with Gasteiger partial charge in [-0.05, 0) is 35.9 Å². The van der Waals surface area contributed by atoms with E-state index in [1.807, 2.05) is 79.7 Å². The number of rotatable bonds is 4. The molecule has 3 rings (SSSR count). The summed E-state index contributed by atoms with van der Waals surface area (Å²) in [6.45, 7) is 0. The predicted molar refractivity (Wildman–Crippen MR) is 95.9 cm³/mol. The Kier molecular flexibility index (Phi) is 4.20. The molecule has 23 heavy (non-hydrogen) atoms. The first-order chi connectivity index (χ1) is 11.1. The van der Waals surface area contributed by atoms with E-state index in [4.69, 9.17) is 0 Å². The first-order valence-corrected chi connectivity index (χ1v) is 7.49. The van der Waals surface area contributed by atoms with Crippen molar-refractivity contribution in [1.29, 1.82) is 0 Å². The molecule has 0 unspecified atom stereocenters. The summed E-state index contributed by atoms with van der Waals surface area (Å²) in [4.78, 5) is 18.7. The molecule has 0 bridgehead atoms. The number of aromatic nitrogens is 1. The number of nitrogens with zero attached hydrogens (tertiary/aromatic N) is 2. The van der Waals surface area contributed by atoms with E-state index in [9.17, 15) is 4.79 Å². The molecule has 0 aliphatic rings. The monoisotopic (exact) mass is 302 g/mol. The van der Waals surface area contributed by atoms with Crippen molar-refractivity contribution in [2.24, 2.45) is 0 Å². The molecule has 0 aliphatic carbocycles. The molecular weight excluding hydrogens is 284 g/mol. The molecule has 0 N–H and O–H groups in total. The standard InChI is InChI=1S/C20H18N2O/c1-22(2)17-11-7-15(8-12-17)9-14-20(23)19-13-10-16-5-3-4-6-18(16)21-19/h3-14H,1-2H3/b14-9+. The second-order valence-corrected chi connectivity index (χ2v) is 5.57. The molecule has 0 saturated carbocycles. The fourth-order valence-corrected chi connectivity index (χ4v) is 2.34. The van der Waals surface area contributed by atoms with Gasteiger partial charge in [-0.3, -0.25) is 4.79 Å². The van der Waals surface area contributed by atoms with Gasteiger partial charge in [-0.1, -0.05) is 42.5 Å². The van der Waals surface area contributed by atoms with Crippen molar-refractivity contribution in [2.45, 2.75) is 0 Å². The van der Waals surface area contributed by atoms with Crippen LogP contribution in [0, 0.1) is 0 Å². The van der Waals surface area contributed by atoms with Gasteiger partial charge in [0, 0.05) is 25.2 Å². The number of fused-ring (bicyclic) bond motifs is 1. The molecule has 1 heterocycles. The lowest BCUT2D eigenvalue weighted by Gasteiger charge is -2.11. The lowest BCUT2D eigenvalue weighted by Crippen LogP contribution is -2.07. The third-order valence-electron chi connectivity index (χ3n) is 3.69. The number of carbonyl (C=O) groups excluding carboxylic acids is 1. The Balaban J connectivity index is 1.79. The zero-order valence-electron chi connectivity index (χ0n) is 13.2. The number of carbonyl (C=O) groups is 1. The van der Waals surface area contributed by atoms with E-state index in [-0.39, 0.29) is 5.78 Å². The van der Waals surface area contributed by atoms with E-state index in [1.165, 1.54) is 0 Å². The smallest absolute Gasteiger partial charge is 0.204 e. The highest BCUT2D eigenvalue weighted by Crippen LogP contribution is 2.15. The number of ketones is 1. The highest BCUT2D eigenvalue weighted by Gasteiger charge is 2.04. The van der Waals surface area contributed by atoms with Crippen LogP contribution >= 0.6 is 0 Å². The van der Waals surface area contributed by atoms with Gasteiger partial charge in [0.2, 0.25) is 5.78 Å². The molecule has 0 spiro atoms. The maximum Gasteiger partial charge on any atom is 0.204 e. The van der Waals surface area contributed by atoms with E-state index in [0.29, 0.717) is 5.69 Å². The van der Waals surface area contributed by atoms with E-state index in [1.54, 1.807) is 12.1 Å². The highest BCUT2D eigenvalue weighted by molar-refractivity contribution is 6.06. The topological polar surface area (TPSA) is 33.2 Å². The van der Waals surface area contributed by atoms with Gasteiger partial charge in [0.25, 0.3) is 0 Å². The maximum absolute atomic E-state index is 12.3. The Labute approximate surface area is 135 Å². The number of hydrogen-bond acceptors (Lipinski definition) is 3. The van der Waals surface area contributed by atoms with Crippen molar-refractivity contribution in [1.82, 2.24) is 4.98 Å². The minimum atomic E-state index is -0.0903. The summed E-state index contributed by atoms with van der Waals surface area (Å²) in [5, 5.41) is 1.03. The first kappa shape index (κ1) is 15.0. The lowest BCUT2D eigenvalue weighted by atomic mass is 10.1. The SMILES string of the molecule is CN(C)c1ccc(/C=C/C(=O)c2ccc3ccccc3n2)cc1. The van der Waals surface area contributed by atoms with Crippen LogP contribution in [0.3, 0.4) is 0 Å². The minimum absolute atomic E-state index is 0.0903. The van der Waals surface area contributed by atoms with Gasteiger partial charge in [-0.2, -0.15) is 0 Å². The van der Waals surface area contributed by atoms with Crippen LogP contribution in [0.5, 0.6) is 0 Å². The largest absolute Gasteiger partial charge is 0.378 e. The summed E-state index contributed by atoms with van der Waals surface area (Å²) < 4.78 is 0. The van der Waals surface area contributed by atoms with E-state index >= 15 is 0 Å². The Morgan fingerprint density at radius 2 is 1.70 bits per heavy atom. The quantitative estimate of drug-likeness (QED) is 0.535. The Morgan fingerprint density at radius 3 is 2.43 bits per heavy atom. The van der Waals surface area contributed by atoms with Crippen LogP contribution in [-0.2, 0) is 0 Å². The van der Waals surface area contributed by atoms with Gasteiger partial charge < -0.3 is 4.90 Å². The summed E-state index contributed by atoms with van der Waals surface area (Å²) in [6.07, 6.45) is 3.39. The lowest BCUT2D eigenvalue weighted by molar-refractivity contribution is 0.104. The van der Waals surface area contributed by atoms with Gasteiger partial charge in [-0.25, -0.2) is 4.98 Å². The van der Waals surface area contributed by atoms with Gasteiger partial charge in [-0.15, -0.1) is 0 Å². The maximum atomic E-state index is 12.3. The molecule has 0 aliphatic heterocycles. The van der Waals surface area contributed by atoms with Gasteiger partial charge in [0.05, 0.1) is 5.52 Å². The van der Waals surface area contributed by atoms with Crippen LogP contribution in [0.4, 0.5) is 5.69 Å². The van der Waals surface area contributed by atoms with E-state index < -0.39 is 0 Å². The molecule has 0 saturated heterocycles. The molecular formula is C20H18N2O. The molecule has 1 aromatic heterocycles. The zero-order valence-corrected chi connectivity index (χ0v) is 13.2. The summed E-state index contributed by atoms with van der Waals surface area (Å²) in [7, 11) is 4.00. The second kappa shape index (κ2) is 6.44. The Bertz CT molecular complexity index is 864. The zero-order chi connectivity index (χ0) is 16.2. The number of anilines is 1. The average Bonchev–Trinajstić information content (AvgIpc) is 2.59. The summed E-state index contributed by atoms with van der Waals surface area (Å²) in [5.41, 5.74) is 3.42. The number of pyridine rings is 1. The first-order valence-electron chi connectivity index (χ1n) is 7.49. The van der Waals surface area contributed by atoms with Crippen molar-refractivity contribution in [3.05, 3.63) is 78.0 Å². The molecule has 3 heteroatoms.